The molecule has 1 aromatic carbocycles. The van der Waals surface area contributed by atoms with E-state index in [-0.39, 0.29) is 0 Å². The van der Waals surface area contributed by atoms with Gasteiger partial charge in [0.15, 0.2) is 11.6 Å². The highest BCUT2D eigenvalue weighted by atomic mass is 79.9. The van der Waals surface area contributed by atoms with E-state index in [1.165, 1.54) is 17.0 Å². The van der Waals surface area contributed by atoms with Gasteiger partial charge in [-0.25, -0.2) is 8.78 Å². The second-order valence-electron chi connectivity index (χ2n) is 4.52. The number of halogens is 3. The first-order valence-corrected chi connectivity index (χ1v) is 8.05. The summed E-state index contributed by atoms with van der Waals surface area (Å²) in [5.74, 6) is -1.55. The highest BCUT2D eigenvalue weighted by Crippen LogP contribution is 2.19. The van der Waals surface area contributed by atoms with Crippen molar-refractivity contribution in [3.05, 3.63) is 57.8 Å². The zero-order valence-corrected chi connectivity index (χ0v) is 12.8. The van der Waals surface area contributed by atoms with E-state index in [1.54, 1.807) is 17.4 Å². The van der Waals surface area contributed by atoms with E-state index in [2.05, 4.69) is 33.4 Å². The normalized spacial score (nSPS) is 12.6. The first-order valence-electron chi connectivity index (χ1n) is 6.25. The quantitative estimate of drug-likeness (QED) is 0.619. The van der Waals surface area contributed by atoms with Gasteiger partial charge in [0.05, 0.1) is 0 Å². The average molecular weight is 345 g/mol. The molecular weight excluding hydrogens is 330 g/mol. The molecule has 102 valence electrons. The van der Waals surface area contributed by atoms with E-state index in [0.717, 1.165) is 31.2 Å². The van der Waals surface area contributed by atoms with Crippen molar-refractivity contribution in [3.63, 3.8) is 0 Å². The minimum absolute atomic E-state index is 0.303. The number of rotatable bonds is 6. The standard InChI is InChI=1S/C15H15BrF2S/c16-12(3-1-4-13-5-2-8-19-13)9-11-6-7-14(17)15(18)10-11/h2,5-8,10,12H,1,3-4,9H2. The van der Waals surface area contributed by atoms with Crippen LogP contribution in [-0.4, -0.2) is 4.83 Å². The molecule has 0 fully saturated rings. The van der Waals surface area contributed by atoms with Gasteiger partial charge in [0.25, 0.3) is 0 Å². The zero-order chi connectivity index (χ0) is 13.7. The zero-order valence-electron chi connectivity index (χ0n) is 10.4. The summed E-state index contributed by atoms with van der Waals surface area (Å²) in [6.07, 6.45) is 3.93. The third-order valence-electron chi connectivity index (χ3n) is 2.96. The van der Waals surface area contributed by atoms with E-state index >= 15 is 0 Å². The fraction of sp³-hybridized carbons (Fsp3) is 0.333. The average Bonchev–Trinajstić information content (AvgIpc) is 2.87. The maximum atomic E-state index is 13.1. The summed E-state index contributed by atoms with van der Waals surface area (Å²) < 4.78 is 25.9. The summed E-state index contributed by atoms with van der Waals surface area (Å²) in [7, 11) is 0. The molecule has 0 bridgehead atoms. The molecule has 0 amide bonds. The van der Waals surface area contributed by atoms with Crippen LogP contribution in [0.15, 0.2) is 35.7 Å². The largest absolute Gasteiger partial charge is 0.204 e. The molecule has 0 aliphatic carbocycles. The smallest absolute Gasteiger partial charge is 0.159 e. The summed E-state index contributed by atoms with van der Waals surface area (Å²) in [6, 6.07) is 8.32. The molecule has 2 rings (SSSR count). The lowest BCUT2D eigenvalue weighted by molar-refractivity contribution is 0.506. The lowest BCUT2D eigenvalue weighted by Gasteiger charge is -2.09. The molecule has 0 N–H and O–H groups in total. The highest BCUT2D eigenvalue weighted by Gasteiger charge is 2.08. The van der Waals surface area contributed by atoms with Crippen LogP contribution in [0.1, 0.15) is 23.3 Å². The van der Waals surface area contributed by atoms with Crippen molar-refractivity contribution in [1.29, 1.82) is 0 Å². The molecule has 0 nitrogen and oxygen atoms in total. The van der Waals surface area contributed by atoms with Crippen LogP contribution in [0.4, 0.5) is 8.78 Å². The SMILES string of the molecule is Fc1ccc(CC(Br)CCCc2cccs2)cc1F. The number of thiophene rings is 1. The van der Waals surface area contributed by atoms with Gasteiger partial charge in [-0.15, -0.1) is 11.3 Å². The van der Waals surface area contributed by atoms with Crippen LogP contribution in [0.25, 0.3) is 0 Å². The number of hydrogen-bond acceptors (Lipinski definition) is 1. The Kier molecular flexibility index (Phi) is 5.52. The van der Waals surface area contributed by atoms with Crippen LogP contribution < -0.4 is 0 Å². The minimum Gasteiger partial charge on any atom is -0.204 e. The van der Waals surface area contributed by atoms with E-state index in [1.807, 2.05) is 0 Å². The van der Waals surface area contributed by atoms with Crippen LogP contribution in [0, 0.1) is 11.6 Å². The Bertz CT molecular complexity index is 511. The van der Waals surface area contributed by atoms with Crippen molar-refractivity contribution in [1.82, 2.24) is 0 Å². The minimum atomic E-state index is -0.785. The third-order valence-corrected chi connectivity index (χ3v) is 4.68. The Morgan fingerprint density at radius 2 is 2.00 bits per heavy atom. The van der Waals surface area contributed by atoms with Gasteiger partial charge in [0, 0.05) is 9.70 Å². The first kappa shape index (κ1) is 14.7. The van der Waals surface area contributed by atoms with Gasteiger partial charge in [-0.1, -0.05) is 28.1 Å². The Morgan fingerprint density at radius 3 is 2.68 bits per heavy atom. The second-order valence-corrected chi connectivity index (χ2v) is 6.85. The van der Waals surface area contributed by atoms with Crippen LogP contribution >= 0.6 is 27.3 Å². The molecule has 0 spiro atoms. The molecule has 2 aromatic rings. The summed E-state index contributed by atoms with van der Waals surface area (Å²) in [5.41, 5.74) is 0.830. The fourth-order valence-corrected chi connectivity index (χ4v) is 3.43. The first-order chi connectivity index (χ1) is 9.15. The number of hydrogen-bond donors (Lipinski definition) is 0. The van der Waals surface area contributed by atoms with Gasteiger partial charge < -0.3 is 0 Å². The van der Waals surface area contributed by atoms with Crippen molar-refractivity contribution in [2.75, 3.05) is 0 Å². The van der Waals surface area contributed by atoms with Gasteiger partial charge in [0.2, 0.25) is 0 Å². The lowest BCUT2D eigenvalue weighted by atomic mass is 10.1. The molecule has 1 unspecified atom stereocenters. The summed E-state index contributed by atoms with van der Waals surface area (Å²) in [5, 5.41) is 2.09. The topological polar surface area (TPSA) is 0 Å². The molecular formula is C15H15BrF2S. The van der Waals surface area contributed by atoms with Crippen molar-refractivity contribution in [3.8, 4) is 0 Å². The van der Waals surface area contributed by atoms with Gasteiger partial charge in [-0.3, -0.25) is 0 Å². The molecule has 0 aliphatic heterocycles. The van der Waals surface area contributed by atoms with Crippen molar-refractivity contribution in [2.24, 2.45) is 0 Å². The van der Waals surface area contributed by atoms with Gasteiger partial charge in [-0.2, -0.15) is 0 Å². The van der Waals surface area contributed by atoms with E-state index in [4.69, 9.17) is 0 Å². The van der Waals surface area contributed by atoms with E-state index in [9.17, 15) is 8.78 Å². The molecule has 0 radical (unpaired) electrons. The van der Waals surface area contributed by atoms with Crippen molar-refractivity contribution in [2.45, 2.75) is 30.5 Å². The monoisotopic (exact) mass is 344 g/mol. The third kappa shape index (κ3) is 4.69. The van der Waals surface area contributed by atoms with Crippen LogP contribution in [0.3, 0.4) is 0 Å². The van der Waals surface area contributed by atoms with Gasteiger partial charge in [0.1, 0.15) is 0 Å². The molecule has 1 aromatic heterocycles. The lowest BCUT2D eigenvalue weighted by Crippen LogP contribution is -2.04. The fourth-order valence-electron chi connectivity index (χ4n) is 1.98. The molecule has 1 atom stereocenters. The Balaban J connectivity index is 1.77. The van der Waals surface area contributed by atoms with E-state index < -0.39 is 11.6 Å². The molecule has 0 aliphatic rings. The number of alkyl halides is 1. The molecule has 0 saturated heterocycles. The molecule has 4 heteroatoms. The van der Waals surface area contributed by atoms with Crippen LogP contribution in [0.5, 0.6) is 0 Å². The van der Waals surface area contributed by atoms with Gasteiger partial charge in [-0.05, 0) is 54.8 Å². The van der Waals surface area contributed by atoms with Crippen LogP contribution in [0.2, 0.25) is 0 Å². The summed E-state index contributed by atoms with van der Waals surface area (Å²) in [6.45, 7) is 0. The molecule has 0 saturated carbocycles. The number of benzene rings is 1. The Labute approximate surface area is 124 Å². The van der Waals surface area contributed by atoms with Crippen LogP contribution in [-0.2, 0) is 12.8 Å². The molecule has 19 heavy (non-hydrogen) atoms. The maximum absolute atomic E-state index is 13.1. The summed E-state index contributed by atoms with van der Waals surface area (Å²) in [4.78, 5) is 1.70. The van der Waals surface area contributed by atoms with Crippen molar-refractivity contribution >= 4 is 27.3 Å². The van der Waals surface area contributed by atoms with Gasteiger partial charge >= 0.3 is 0 Å². The second kappa shape index (κ2) is 7.15. The molecule has 1 heterocycles. The summed E-state index contributed by atoms with van der Waals surface area (Å²) >= 11 is 5.38. The van der Waals surface area contributed by atoms with Crippen molar-refractivity contribution < 1.29 is 8.78 Å². The Morgan fingerprint density at radius 1 is 1.16 bits per heavy atom. The Hall–Kier alpha value is -0.740. The predicted molar refractivity (Wildman–Crippen MR) is 80.0 cm³/mol. The number of aryl methyl sites for hydroxylation is 1. The predicted octanol–water partition coefficient (Wildman–Crippen LogP) is 5.36. The maximum Gasteiger partial charge on any atom is 0.159 e. The highest BCUT2D eigenvalue weighted by molar-refractivity contribution is 9.09. The van der Waals surface area contributed by atoms with E-state index in [0.29, 0.717) is 4.83 Å².